The van der Waals surface area contributed by atoms with Crippen LogP contribution in [0.5, 0.6) is 0 Å². The van der Waals surface area contributed by atoms with Gasteiger partial charge in [-0.25, -0.2) is 17.9 Å². The van der Waals surface area contributed by atoms with Gasteiger partial charge in [-0.3, -0.25) is 9.78 Å². The van der Waals surface area contributed by atoms with Crippen LogP contribution < -0.4 is 10.5 Å². The number of carbonyl (C=O) groups is 1. The number of nitrogens with one attached hydrogen (secondary N) is 1. The van der Waals surface area contributed by atoms with E-state index in [1.165, 1.54) is 24.4 Å². The lowest BCUT2D eigenvalue weighted by atomic mass is 10.0. The van der Waals surface area contributed by atoms with E-state index in [2.05, 4.69) is 10.3 Å². The highest BCUT2D eigenvalue weighted by Crippen LogP contribution is 2.64. The van der Waals surface area contributed by atoms with Gasteiger partial charge in [-0.2, -0.15) is 0 Å². The zero-order valence-corrected chi connectivity index (χ0v) is 14.5. The van der Waals surface area contributed by atoms with Crippen LogP contribution in [0.25, 0.3) is 0 Å². The Morgan fingerprint density at radius 2 is 1.88 bits per heavy atom. The number of nitrogens with zero attached hydrogens (tertiary/aromatic N) is 1. The highest BCUT2D eigenvalue weighted by Gasteiger charge is 2.62. The minimum Gasteiger partial charge on any atom is -0.324 e. The van der Waals surface area contributed by atoms with Crippen molar-refractivity contribution in [1.29, 1.82) is 0 Å². The zero-order valence-electron chi connectivity index (χ0n) is 13.7. The van der Waals surface area contributed by atoms with E-state index in [1.54, 1.807) is 12.1 Å². The van der Waals surface area contributed by atoms with Crippen LogP contribution in [0.3, 0.4) is 0 Å². The highest BCUT2D eigenvalue weighted by atomic mass is 32.2. The van der Waals surface area contributed by atoms with Crippen molar-refractivity contribution in [1.82, 2.24) is 4.98 Å². The summed E-state index contributed by atoms with van der Waals surface area (Å²) in [4.78, 5) is 16.3. The van der Waals surface area contributed by atoms with E-state index in [0.29, 0.717) is 5.69 Å². The molecular formula is C17H18FN3O3S. The molecule has 1 heterocycles. The monoisotopic (exact) mass is 363 g/mol. The fourth-order valence-electron chi connectivity index (χ4n) is 3.31. The number of amides is 1. The van der Waals surface area contributed by atoms with Crippen molar-refractivity contribution in [3.05, 3.63) is 54.1 Å². The van der Waals surface area contributed by atoms with Crippen LogP contribution in [0.2, 0.25) is 0 Å². The number of carbonyl (C=O) groups excluding carboxylic acids is 1. The number of hydrogen-bond acceptors (Lipinski definition) is 4. The van der Waals surface area contributed by atoms with E-state index in [0.717, 1.165) is 11.8 Å². The third kappa shape index (κ3) is 3.40. The predicted molar refractivity (Wildman–Crippen MR) is 90.7 cm³/mol. The number of aromatic nitrogens is 1. The van der Waals surface area contributed by atoms with E-state index in [-0.39, 0.29) is 28.1 Å². The maximum atomic E-state index is 13.2. The number of anilines is 1. The number of pyridine rings is 1. The summed E-state index contributed by atoms with van der Waals surface area (Å²) in [5.74, 6) is -1.12. The van der Waals surface area contributed by atoms with Gasteiger partial charge in [0.1, 0.15) is 5.82 Å². The second kappa shape index (κ2) is 5.89. The Morgan fingerprint density at radius 1 is 1.24 bits per heavy atom. The molecule has 0 aliphatic heterocycles. The Morgan fingerprint density at radius 3 is 2.44 bits per heavy atom. The van der Waals surface area contributed by atoms with Gasteiger partial charge in [0.2, 0.25) is 15.9 Å². The maximum absolute atomic E-state index is 13.2. The molecule has 1 aromatic heterocycles. The van der Waals surface area contributed by atoms with Gasteiger partial charge in [0.15, 0.2) is 0 Å². The van der Waals surface area contributed by atoms with E-state index in [4.69, 9.17) is 5.14 Å². The molecule has 1 amide bonds. The van der Waals surface area contributed by atoms with Crippen LogP contribution in [0, 0.1) is 17.2 Å². The number of primary sulfonamides is 1. The van der Waals surface area contributed by atoms with Crippen LogP contribution >= 0.6 is 0 Å². The van der Waals surface area contributed by atoms with Crippen molar-refractivity contribution >= 4 is 21.6 Å². The van der Waals surface area contributed by atoms with Crippen molar-refractivity contribution in [2.45, 2.75) is 24.7 Å². The summed E-state index contributed by atoms with van der Waals surface area (Å²) < 4.78 is 35.9. The molecule has 1 aliphatic carbocycles. The standard InChI is InChI=1S/C17H18FN3O3S/c1-17(2)14(10-3-5-13(6-4-10)25(19,23)24)15(17)16(22)21-12-7-11(18)8-20-9-12/h3-9,14-15H,1-2H3,(H,21,22)(H2,19,23,24). The third-order valence-corrected chi connectivity index (χ3v) is 5.58. The molecule has 132 valence electrons. The molecule has 1 aromatic carbocycles. The van der Waals surface area contributed by atoms with Gasteiger partial charge >= 0.3 is 0 Å². The molecule has 1 saturated carbocycles. The topological polar surface area (TPSA) is 102 Å². The summed E-state index contributed by atoms with van der Waals surface area (Å²) in [7, 11) is -3.75. The van der Waals surface area contributed by atoms with E-state index in [9.17, 15) is 17.6 Å². The molecule has 0 bridgehead atoms. The molecule has 3 N–H and O–H groups in total. The maximum Gasteiger partial charge on any atom is 0.238 e. The molecule has 25 heavy (non-hydrogen) atoms. The van der Waals surface area contributed by atoms with Crippen molar-refractivity contribution in [2.75, 3.05) is 5.32 Å². The molecule has 8 heteroatoms. The summed E-state index contributed by atoms with van der Waals surface area (Å²) in [5.41, 5.74) is 0.861. The second-order valence-corrected chi connectivity index (χ2v) is 8.33. The molecule has 6 nitrogen and oxygen atoms in total. The average Bonchev–Trinajstić information content (AvgIpc) is 3.09. The van der Waals surface area contributed by atoms with Crippen LogP contribution in [-0.4, -0.2) is 19.3 Å². The molecule has 2 unspecified atom stereocenters. The number of nitrogens with two attached hydrogens (primary N) is 1. The number of rotatable bonds is 4. The Bertz CT molecular complexity index is 926. The van der Waals surface area contributed by atoms with E-state index in [1.807, 2.05) is 13.8 Å². The summed E-state index contributed by atoms with van der Waals surface area (Å²) in [6.07, 6.45) is 2.44. The van der Waals surface area contributed by atoms with Gasteiger partial charge < -0.3 is 5.32 Å². The minimum absolute atomic E-state index is 0.0292. The first-order valence-electron chi connectivity index (χ1n) is 7.65. The first-order chi connectivity index (χ1) is 11.6. The summed E-state index contributed by atoms with van der Waals surface area (Å²) in [5, 5.41) is 7.78. The lowest BCUT2D eigenvalue weighted by molar-refractivity contribution is -0.118. The van der Waals surface area contributed by atoms with Gasteiger partial charge in [-0.1, -0.05) is 26.0 Å². The van der Waals surface area contributed by atoms with Crippen LogP contribution in [0.15, 0.2) is 47.6 Å². The molecular weight excluding hydrogens is 345 g/mol. The molecule has 0 spiro atoms. The molecule has 1 aliphatic rings. The molecule has 0 saturated heterocycles. The van der Waals surface area contributed by atoms with Gasteiger partial charge in [0, 0.05) is 12.0 Å². The Kier molecular flexibility index (Phi) is 4.12. The predicted octanol–water partition coefficient (Wildman–Crippen LogP) is 2.25. The summed E-state index contributed by atoms with van der Waals surface area (Å²) in [6, 6.07) is 7.41. The van der Waals surface area contributed by atoms with Crippen molar-refractivity contribution in [3.8, 4) is 0 Å². The normalized spacial score (nSPS) is 21.6. The molecule has 1 fully saturated rings. The van der Waals surface area contributed by atoms with E-state index >= 15 is 0 Å². The van der Waals surface area contributed by atoms with E-state index < -0.39 is 15.8 Å². The molecule has 2 atom stereocenters. The first kappa shape index (κ1) is 17.5. The smallest absolute Gasteiger partial charge is 0.238 e. The minimum atomic E-state index is -3.75. The number of hydrogen-bond donors (Lipinski definition) is 2. The van der Waals surface area contributed by atoms with Gasteiger partial charge in [-0.05, 0) is 23.1 Å². The Hall–Kier alpha value is -2.32. The fourth-order valence-corrected chi connectivity index (χ4v) is 3.83. The van der Waals surface area contributed by atoms with Crippen LogP contribution in [0.4, 0.5) is 10.1 Å². The molecule has 0 radical (unpaired) electrons. The number of sulfonamides is 1. The third-order valence-electron chi connectivity index (χ3n) is 4.65. The van der Waals surface area contributed by atoms with Crippen molar-refractivity contribution in [3.63, 3.8) is 0 Å². The number of benzene rings is 1. The molecule has 2 aromatic rings. The van der Waals surface area contributed by atoms with Gasteiger partial charge in [-0.15, -0.1) is 0 Å². The Balaban J connectivity index is 1.78. The lowest BCUT2D eigenvalue weighted by Crippen LogP contribution is -2.17. The van der Waals surface area contributed by atoms with Crippen LogP contribution in [-0.2, 0) is 14.8 Å². The quantitative estimate of drug-likeness (QED) is 0.869. The van der Waals surface area contributed by atoms with Gasteiger partial charge in [0.25, 0.3) is 0 Å². The zero-order chi connectivity index (χ0) is 18.4. The lowest BCUT2D eigenvalue weighted by Gasteiger charge is -2.05. The second-order valence-electron chi connectivity index (χ2n) is 6.77. The van der Waals surface area contributed by atoms with Gasteiger partial charge in [0.05, 0.1) is 28.9 Å². The summed E-state index contributed by atoms with van der Waals surface area (Å²) in [6.45, 7) is 3.92. The van der Waals surface area contributed by atoms with Crippen LogP contribution in [0.1, 0.15) is 25.3 Å². The number of halogens is 1. The van der Waals surface area contributed by atoms with Crippen molar-refractivity contribution < 1.29 is 17.6 Å². The Labute approximate surface area is 145 Å². The largest absolute Gasteiger partial charge is 0.324 e. The average molecular weight is 363 g/mol. The first-order valence-corrected chi connectivity index (χ1v) is 9.19. The fraction of sp³-hybridized carbons (Fsp3) is 0.294. The SMILES string of the molecule is CC1(C)C(C(=O)Nc2cncc(F)c2)C1c1ccc(S(N)(=O)=O)cc1. The molecule has 3 rings (SSSR count). The highest BCUT2D eigenvalue weighted by molar-refractivity contribution is 7.89. The van der Waals surface area contributed by atoms with Crippen molar-refractivity contribution in [2.24, 2.45) is 16.5 Å². The summed E-state index contributed by atoms with van der Waals surface area (Å²) >= 11 is 0.